The Labute approximate surface area is 351 Å². The molecule has 0 aliphatic heterocycles. The van der Waals surface area contributed by atoms with Gasteiger partial charge >= 0.3 is 11.9 Å². The van der Waals surface area contributed by atoms with Crippen LogP contribution in [0.5, 0.6) is 0 Å². The molecule has 0 bridgehead atoms. The SMILES string of the molecule is CC[C@H](CC[C@@]1(C)[C@H](C)CC[C@]2(C)[C@@H]1CC[C@@H]1C3=C(C(C)C)C(=O)C[C@]3([C@@H](O)c3nnc(-c4ccc(F)cc4)n3CCN(C)C)CC[C@]12C)OC(=O)CC(C)(C)C(=O)O. The molecule has 326 valence electrons. The average Bonchev–Trinajstić information content (AvgIpc) is 3.73. The molecule has 1 aromatic heterocycles. The number of esters is 1. The lowest BCUT2D eigenvalue weighted by atomic mass is 9.35. The van der Waals surface area contributed by atoms with Crippen molar-refractivity contribution in [1.82, 2.24) is 19.7 Å². The summed E-state index contributed by atoms with van der Waals surface area (Å²) >= 11 is 0. The van der Waals surface area contributed by atoms with Gasteiger partial charge in [0.05, 0.1) is 11.8 Å². The fourth-order valence-electron chi connectivity index (χ4n) is 12.5. The minimum absolute atomic E-state index is 0.00671. The van der Waals surface area contributed by atoms with Gasteiger partial charge in [-0.2, -0.15) is 0 Å². The lowest BCUT2D eigenvalue weighted by Crippen LogP contribution is -2.62. The molecule has 6 rings (SSSR count). The Morgan fingerprint density at radius 3 is 2.32 bits per heavy atom. The van der Waals surface area contributed by atoms with E-state index >= 15 is 0 Å². The summed E-state index contributed by atoms with van der Waals surface area (Å²) in [5.41, 5.74) is 0.600. The second kappa shape index (κ2) is 16.4. The summed E-state index contributed by atoms with van der Waals surface area (Å²) in [5, 5.41) is 31.8. The number of ether oxygens (including phenoxy) is 1. The molecule has 3 saturated carbocycles. The lowest BCUT2D eigenvalue weighted by molar-refractivity contribution is -0.192. The van der Waals surface area contributed by atoms with E-state index in [-0.39, 0.29) is 58.6 Å². The summed E-state index contributed by atoms with van der Waals surface area (Å²) in [6.45, 7) is 20.4. The zero-order valence-electron chi connectivity index (χ0n) is 37.7. The highest BCUT2D eigenvalue weighted by Gasteiger charge is 2.69. The van der Waals surface area contributed by atoms with Crippen LogP contribution in [0, 0.1) is 56.6 Å². The van der Waals surface area contributed by atoms with Crippen LogP contribution in [-0.2, 0) is 25.7 Å². The van der Waals surface area contributed by atoms with E-state index in [1.54, 1.807) is 26.0 Å². The van der Waals surface area contributed by atoms with Crippen molar-refractivity contribution >= 4 is 17.7 Å². The average molecular weight is 819 g/mol. The standard InChI is InChI=1S/C48H71FN4O6/c1-12-33(59-37(55)28-44(5,6)43(57)58)20-21-45(7)30(4)19-22-47(9)36(45)18-17-34-39-38(29(2)3)35(54)27-48(39,24-23-46(34,47)8)40(56)42-51-50-41(53(42)26-25-52(10)11)31-13-15-32(49)16-14-31/h13-16,29-30,33-34,36,40,56H,12,17-28H2,1-11H3,(H,57,58)/t30-,33-,34-,36-,40+,45+,46-,47-,48-/m1/s1. The van der Waals surface area contributed by atoms with E-state index in [2.05, 4.69) is 56.6 Å². The number of aliphatic hydroxyl groups is 1. The third-order valence-corrected chi connectivity index (χ3v) is 16.6. The van der Waals surface area contributed by atoms with Gasteiger partial charge in [0, 0.05) is 30.5 Å². The van der Waals surface area contributed by atoms with Crippen molar-refractivity contribution in [2.24, 2.45) is 50.7 Å². The number of carboxylic acid groups (broad SMARTS) is 1. The molecule has 0 radical (unpaired) electrons. The number of fused-ring (bicyclic) bond motifs is 5. The zero-order valence-corrected chi connectivity index (χ0v) is 37.7. The van der Waals surface area contributed by atoms with Crippen molar-refractivity contribution < 1.29 is 33.7 Å². The van der Waals surface area contributed by atoms with Gasteiger partial charge in [-0.1, -0.05) is 48.5 Å². The van der Waals surface area contributed by atoms with E-state index < -0.39 is 28.9 Å². The molecular weight excluding hydrogens is 748 g/mol. The highest BCUT2D eigenvalue weighted by molar-refractivity contribution is 6.00. The number of rotatable bonds is 15. The molecule has 0 spiro atoms. The number of likely N-dealkylation sites (N-methyl/N-ethyl adjacent to an activating group) is 1. The number of carboxylic acids is 1. The maximum atomic E-state index is 14.4. The first-order valence-corrected chi connectivity index (χ1v) is 22.3. The molecule has 59 heavy (non-hydrogen) atoms. The lowest BCUT2D eigenvalue weighted by Gasteiger charge is -2.69. The van der Waals surface area contributed by atoms with Gasteiger partial charge in [-0.05, 0) is 161 Å². The van der Waals surface area contributed by atoms with Crippen LogP contribution >= 0.6 is 0 Å². The predicted molar refractivity (Wildman–Crippen MR) is 226 cm³/mol. The molecule has 0 unspecified atom stereocenters. The number of aliphatic carboxylic acids is 1. The highest BCUT2D eigenvalue weighted by Crippen LogP contribution is 2.76. The number of carbonyl (C=O) groups excluding carboxylic acids is 2. The fraction of sp³-hybridized carbons (Fsp3) is 0.729. The van der Waals surface area contributed by atoms with Crippen molar-refractivity contribution in [3.8, 4) is 11.4 Å². The summed E-state index contributed by atoms with van der Waals surface area (Å²) < 4.78 is 22.0. The largest absolute Gasteiger partial charge is 0.481 e. The molecule has 10 nitrogen and oxygen atoms in total. The number of allylic oxidation sites excluding steroid dienone is 1. The van der Waals surface area contributed by atoms with Gasteiger partial charge in [0.15, 0.2) is 17.4 Å². The second-order valence-corrected chi connectivity index (χ2v) is 20.9. The predicted octanol–water partition coefficient (Wildman–Crippen LogP) is 9.46. The summed E-state index contributed by atoms with van der Waals surface area (Å²) in [6, 6.07) is 6.23. The number of benzene rings is 1. The second-order valence-electron chi connectivity index (χ2n) is 20.9. The van der Waals surface area contributed by atoms with Crippen LogP contribution in [0.4, 0.5) is 4.39 Å². The zero-order chi connectivity index (χ0) is 43.5. The molecule has 1 heterocycles. The number of hydrogen-bond donors (Lipinski definition) is 2. The molecule has 4 aliphatic carbocycles. The van der Waals surface area contributed by atoms with Gasteiger partial charge in [0.1, 0.15) is 18.0 Å². The summed E-state index contributed by atoms with van der Waals surface area (Å²) in [4.78, 5) is 41.2. The number of ketones is 1. The maximum absolute atomic E-state index is 14.4. The molecule has 11 heteroatoms. The molecule has 3 fully saturated rings. The van der Waals surface area contributed by atoms with Crippen LogP contribution in [0.25, 0.3) is 11.4 Å². The van der Waals surface area contributed by atoms with Gasteiger partial charge in [-0.3, -0.25) is 14.4 Å². The van der Waals surface area contributed by atoms with Crippen molar-refractivity contribution in [3.63, 3.8) is 0 Å². The number of hydrogen-bond acceptors (Lipinski definition) is 8. The summed E-state index contributed by atoms with van der Waals surface area (Å²) in [5.74, 6) is 0.359. The van der Waals surface area contributed by atoms with Crippen LogP contribution in [0.2, 0.25) is 0 Å². The van der Waals surface area contributed by atoms with Crippen LogP contribution < -0.4 is 0 Å². The summed E-state index contributed by atoms with van der Waals surface area (Å²) in [7, 11) is 4.00. The van der Waals surface area contributed by atoms with Gasteiger partial charge in [0.25, 0.3) is 0 Å². The highest BCUT2D eigenvalue weighted by atomic mass is 19.1. The Kier molecular flexibility index (Phi) is 12.6. The Morgan fingerprint density at radius 2 is 1.71 bits per heavy atom. The van der Waals surface area contributed by atoms with E-state index in [0.29, 0.717) is 49.4 Å². The smallest absolute Gasteiger partial charge is 0.309 e. The third-order valence-electron chi connectivity index (χ3n) is 16.6. The number of carbonyl (C=O) groups is 3. The topological polar surface area (TPSA) is 135 Å². The molecular formula is C48H71FN4O6. The molecule has 2 aromatic rings. The van der Waals surface area contributed by atoms with Crippen LogP contribution in [0.1, 0.15) is 145 Å². The van der Waals surface area contributed by atoms with Gasteiger partial charge in [-0.25, -0.2) is 4.39 Å². The van der Waals surface area contributed by atoms with Crippen molar-refractivity contribution in [2.45, 2.75) is 152 Å². The van der Waals surface area contributed by atoms with E-state index in [4.69, 9.17) is 4.74 Å². The first kappa shape index (κ1) is 45.1. The Hall–Kier alpha value is -3.44. The van der Waals surface area contributed by atoms with E-state index in [1.807, 2.05) is 25.6 Å². The van der Waals surface area contributed by atoms with Gasteiger partial charge in [0.2, 0.25) is 0 Å². The normalized spacial score (nSPS) is 31.8. The maximum Gasteiger partial charge on any atom is 0.309 e. The van der Waals surface area contributed by atoms with Crippen LogP contribution in [-0.4, -0.2) is 74.3 Å². The number of halogens is 1. The van der Waals surface area contributed by atoms with E-state index in [9.17, 15) is 29.0 Å². The van der Waals surface area contributed by atoms with Gasteiger partial charge in [-0.15, -0.1) is 10.2 Å². The van der Waals surface area contributed by atoms with Crippen molar-refractivity contribution in [2.75, 3.05) is 20.6 Å². The number of aromatic nitrogens is 3. The first-order chi connectivity index (χ1) is 27.6. The van der Waals surface area contributed by atoms with Gasteiger partial charge < -0.3 is 24.4 Å². The minimum atomic E-state index is -1.19. The minimum Gasteiger partial charge on any atom is -0.481 e. The first-order valence-electron chi connectivity index (χ1n) is 22.3. The summed E-state index contributed by atoms with van der Waals surface area (Å²) in [6.07, 6.45) is 6.71. The Morgan fingerprint density at radius 1 is 1.03 bits per heavy atom. The van der Waals surface area contributed by atoms with Crippen LogP contribution in [0.15, 0.2) is 35.4 Å². The number of nitrogens with zero attached hydrogens (tertiary/aromatic N) is 4. The van der Waals surface area contributed by atoms with Crippen molar-refractivity contribution in [1.29, 1.82) is 0 Å². The van der Waals surface area contributed by atoms with Crippen LogP contribution in [0.3, 0.4) is 0 Å². The molecule has 2 N–H and O–H groups in total. The monoisotopic (exact) mass is 819 g/mol. The molecule has 1 aromatic carbocycles. The van der Waals surface area contributed by atoms with Crippen molar-refractivity contribution in [3.05, 3.63) is 47.1 Å². The molecule has 9 atom stereocenters. The molecule has 0 saturated heterocycles. The molecule has 4 aliphatic rings. The fourth-order valence-corrected chi connectivity index (χ4v) is 12.5. The Balaban J connectivity index is 1.34. The number of Topliss-reactive ketones (excluding diaryl/α,β-unsaturated/α-hetero) is 1. The van der Waals surface area contributed by atoms with E-state index in [0.717, 1.165) is 61.7 Å². The quantitative estimate of drug-likeness (QED) is 0.169. The molecule has 0 amide bonds. The third kappa shape index (κ3) is 7.74. The van der Waals surface area contributed by atoms with E-state index in [1.165, 1.54) is 12.1 Å². The Bertz CT molecular complexity index is 1940. The number of aliphatic hydroxyl groups excluding tert-OH is 1.